The van der Waals surface area contributed by atoms with Crippen LogP contribution < -0.4 is 10.6 Å². The summed E-state index contributed by atoms with van der Waals surface area (Å²) in [5.74, 6) is -2.07. The number of ether oxygens (including phenoxy) is 1. The van der Waals surface area contributed by atoms with E-state index in [-0.39, 0.29) is 26.7 Å². The van der Waals surface area contributed by atoms with Gasteiger partial charge in [-0.3, -0.25) is 4.79 Å². The summed E-state index contributed by atoms with van der Waals surface area (Å²) >= 11 is 0.602. The van der Waals surface area contributed by atoms with E-state index < -0.39 is 58.9 Å². The zero-order valence-electron chi connectivity index (χ0n) is 29.9. The van der Waals surface area contributed by atoms with Gasteiger partial charge in [0.1, 0.15) is 6.04 Å². The molecular weight excluding hydrogens is 746 g/mol. The summed E-state index contributed by atoms with van der Waals surface area (Å²) in [6.45, 7) is 4.87. The maximum atomic E-state index is 14.9. The number of fused-ring (bicyclic) bond motifs is 1. The molecule has 0 fully saturated rings. The fraction of sp³-hybridized carbons (Fsp3) is 0.351. The van der Waals surface area contributed by atoms with Crippen LogP contribution in [0.5, 0.6) is 0 Å². The molecule has 2 aromatic carbocycles. The molecule has 5 rings (SSSR count). The number of sulfonamides is 1. The fourth-order valence-corrected chi connectivity index (χ4v) is 8.69. The largest absolute Gasteiger partial charge is 0.453 e. The van der Waals surface area contributed by atoms with Crippen molar-refractivity contribution in [1.29, 1.82) is 0 Å². The van der Waals surface area contributed by atoms with Crippen LogP contribution in [0.1, 0.15) is 66.1 Å². The second-order valence-electron chi connectivity index (χ2n) is 13.7. The third kappa shape index (κ3) is 9.44. The molecule has 0 saturated carbocycles. The average Bonchev–Trinajstić information content (AvgIpc) is 3.81. The monoisotopic (exact) mass is 786 g/mol. The van der Waals surface area contributed by atoms with Crippen LogP contribution in [0.2, 0.25) is 0 Å². The second kappa shape index (κ2) is 16.7. The number of aromatic nitrogens is 3. The van der Waals surface area contributed by atoms with Crippen LogP contribution in [-0.2, 0) is 19.6 Å². The second-order valence-corrected chi connectivity index (χ2v) is 16.7. The number of aliphatic hydroxyl groups is 1. The highest BCUT2D eigenvalue weighted by atomic mass is 32.2. The van der Waals surface area contributed by atoms with E-state index >= 15 is 0 Å². The van der Waals surface area contributed by atoms with Crippen LogP contribution in [0.4, 0.5) is 18.0 Å². The zero-order chi connectivity index (χ0) is 39.3. The van der Waals surface area contributed by atoms with Crippen molar-refractivity contribution in [1.82, 2.24) is 29.3 Å². The number of imidazole rings is 1. The Morgan fingerprint density at radius 1 is 0.944 bits per heavy atom. The van der Waals surface area contributed by atoms with Gasteiger partial charge in [0.2, 0.25) is 5.91 Å². The Hall–Kier alpha value is -4.84. The molecule has 0 unspecified atom stereocenters. The Bertz CT molecular complexity index is 2100. The van der Waals surface area contributed by atoms with Crippen molar-refractivity contribution in [3.8, 4) is 0 Å². The van der Waals surface area contributed by atoms with Crippen molar-refractivity contribution >= 4 is 39.0 Å². The lowest BCUT2D eigenvalue weighted by molar-refractivity contribution is -0.163. The number of amides is 2. The summed E-state index contributed by atoms with van der Waals surface area (Å²) in [5.41, 5.74) is 1.14. The van der Waals surface area contributed by atoms with Gasteiger partial charge in [-0.2, -0.15) is 17.5 Å². The number of hydrogen-bond acceptors (Lipinski definition) is 9. The Morgan fingerprint density at radius 2 is 1.56 bits per heavy atom. The predicted molar refractivity (Wildman–Crippen MR) is 196 cm³/mol. The number of nitrogens with zero attached hydrogens (tertiary/aromatic N) is 4. The topological polar surface area (TPSA) is 155 Å². The van der Waals surface area contributed by atoms with E-state index in [1.165, 1.54) is 29.1 Å². The van der Waals surface area contributed by atoms with Gasteiger partial charge in [0.25, 0.3) is 10.0 Å². The highest BCUT2D eigenvalue weighted by Crippen LogP contribution is 2.40. The molecule has 3 aromatic heterocycles. The average molecular weight is 787 g/mol. The molecule has 3 heterocycles. The van der Waals surface area contributed by atoms with Gasteiger partial charge in [0.15, 0.2) is 16.7 Å². The number of benzene rings is 2. The Labute approximate surface area is 315 Å². The SMILES string of the molecule is COC(=O)N[C@H](C(=O)N[C@H](c1ccc([C@@H](CO)N(CCC(C)(C)C)S(=O)(=O)c2cn3ccnc3cn2)s1)C(F)(F)F)C(c1ccccc1)c1ccccc1. The van der Waals surface area contributed by atoms with Crippen molar-refractivity contribution in [2.75, 3.05) is 20.3 Å². The number of halogens is 3. The molecular formula is C37H41F3N6O6S2. The Kier molecular flexibility index (Phi) is 12.5. The first kappa shape index (κ1) is 40.3. The molecule has 0 aliphatic rings. The van der Waals surface area contributed by atoms with Crippen molar-refractivity contribution < 1.29 is 41.0 Å². The van der Waals surface area contributed by atoms with Gasteiger partial charge in [-0.1, -0.05) is 81.4 Å². The van der Waals surface area contributed by atoms with E-state index in [1.807, 2.05) is 20.8 Å². The molecule has 0 spiro atoms. The lowest BCUT2D eigenvalue weighted by atomic mass is 9.84. The molecule has 5 aromatic rings. The third-order valence-corrected chi connectivity index (χ3v) is 11.7. The van der Waals surface area contributed by atoms with Crippen LogP contribution >= 0.6 is 11.3 Å². The summed E-state index contributed by atoms with van der Waals surface area (Å²) in [7, 11) is -3.35. The number of methoxy groups -OCH3 is 1. The molecule has 0 radical (unpaired) electrons. The minimum absolute atomic E-state index is 0.0887. The number of alkyl halides is 3. The summed E-state index contributed by atoms with van der Waals surface area (Å²) in [4.78, 5) is 34.5. The minimum atomic E-state index is -5.03. The minimum Gasteiger partial charge on any atom is -0.453 e. The smallest absolute Gasteiger partial charge is 0.413 e. The van der Waals surface area contributed by atoms with Crippen molar-refractivity contribution in [2.45, 2.75) is 62.4 Å². The first-order valence-electron chi connectivity index (χ1n) is 16.9. The molecule has 54 heavy (non-hydrogen) atoms. The Morgan fingerprint density at radius 3 is 2.11 bits per heavy atom. The van der Waals surface area contributed by atoms with Crippen molar-refractivity contribution in [3.63, 3.8) is 0 Å². The number of aliphatic hydroxyl groups excluding tert-OH is 1. The first-order valence-corrected chi connectivity index (χ1v) is 19.1. The van der Waals surface area contributed by atoms with Crippen molar-refractivity contribution in [2.24, 2.45) is 5.41 Å². The quantitative estimate of drug-likeness (QED) is 0.120. The fourth-order valence-electron chi connectivity index (χ4n) is 5.91. The van der Waals surface area contributed by atoms with Gasteiger partial charge >= 0.3 is 12.3 Å². The molecule has 0 aliphatic carbocycles. The van der Waals surface area contributed by atoms with Gasteiger partial charge in [-0.15, -0.1) is 11.3 Å². The van der Waals surface area contributed by atoms with Crippen LogP contribution in [0, 0.1) is 5.41 Å². The molecule has 0 saturated heterocycles. The van der Waals surface area contributed by atoms with Crippen LogP contribution in [0.15, 0.2) is 103 Å². The maximum absolute atomic E-state index is 14.9. The van der Waals surface area contributed by atoms with E-state index in [0.717, 1.165) is 17.5 Å². The highest BCUT2D eigenvalue weighted by Gasteiger charge is 2.46. The molecule has 17 heteroatoms. The van der Waals surface area contributed by atoms with E-state index in [1.54, 1.807) is 66.9 Å². The maximum Gasteiger partial charge on any atom is 0.413 e. The van der Waals surface area contributed by atoms with E-state index in [2.05, 4.69) is 20.6 Å². The number of thiophene rings is 1. The number of carbonyl (C=O) groups is 2. The molecule has 288 valence electrons. The molecule has 0 aliphatic heterocycles. The summed E-state index contributed by atoms with van der Waals surface area (Å²) < 4.78 is 80.4. The van der Waals surface area contributed by atoms with Gasteiger partial charge in [-0.25, -0.2) is 23.2 Å². The number of carbonyl (C=O) groups excluding carboxylic acids is 2. The number of rotatable bonds is 14. The number of alkyl carbamates (subject to hydrolysis) is 1. The highest BCUT2D eigenvalue weighted by molar-refractivity contribution is 7.89. The molecule has 3 N–H and O–H groups in total. The van der Waals surface area contributed by atoms with E-state index in [9.17, 15) is 36.3 Å². The van der Waals surface area contributed by atoms with Crippen LogP contribution in [0.25, 0.3) is 5.65 Å². The van der Waals surface area contributed by atoms with E-state index in [4.69, 9.17) is 4.74 Å². The standard InChI is InChI=1S/C37H41F3N6O6S2/c1-36(2,3)17-19-46(54(50,51)30-22-45-20-18-41-29(45)21-42-30)26(23-47)27-15-16-28(53-27)33(37(38,39)40)44-34(48)32(43-35(49)52-4)31(24-11-7-5-8-12-24)25-13-9-6-10-14-25/h5-16,18,20-22,26,31-33,47H,17,19,23H2,1-4H3,(H,43,49)(H,44,48)/t26-,32+,33-/m1/s1. The molecule has 3 atom stereocenters. The normalized spacial score (nSPS) is 14.2. The van der Waals surface area contributed by atoms with Crippen LogP contribution in [0.3, 0.4) is 0 Å². The molecule has 0 bridgehead atoms. The van der Waals surface area contributed by atoms with E-state index in [0.29, 0.717) is 34.5 Å². The van der Waals surface area contributed by atoms with Gasteiger partial charge < -0.3 is 24.9 Å². The van der Waals surface area contributed by atoms with Crippen molar-refractivity contribution in [3.05, 3.63) is 118 Å². The third-order valence-electron chi connectivity index (χ3n) is 8.70. The predicted octanol–water partition coefficient (Wildman–Crippen LogP) is 6.23. The zero-order valence-corrected chi connectivity index (χ0v) is 31.5. The molecule has 12 nitrogen and oxygen atoms in total. The van der Waals surface area contributed by atoms with Gasteiger partial charge in [0, 0.05) is 40.8 Å². The molecule has 2 amide bonds. The summed E-state index contributed by atoms with van der Waals surface area (Å²) in [5, 5.41) is 14.9. The summed E-state index contributed by atoms with van der Waals surface area (Å²) in [6.07, 6.45) is -0.135. The number of hydrogen-bond donors (Lipinski definition) is 3. The van der Waals surface area contributed by atoms with Gasteiger partial charge in [0.05, 0.1) is 26.0 Å². The Balaban J connectivity index is 1.52. The van der Waals surface area contributed by atoms with Crippen LogP contribution in [-0.4, -0.2) is 76.7 Å². The summed E-state index contributed by atoms with van der Waals surface area (Å²) in [6, 6.07) is 14.1. The lowest BCUT2D eigenvalue weighted by Crippen LogP contribution is -2.52. The number of nitrogens with one attached hydrogen (secondary N) is 2. The lowest BCUT2D eigenvalue weighted by Gasteiger charge is -2.31. The van der Waals surface area contributed by atoms with Gasteiger partial charge in [-0.05, 0) is 35.1 Å². The first-order chi connectivity index (χ1) is 25.5.